The number of hydrogen-bond donors (Lipinski definition) is 2. The minimum absolute atomic E-state index is 0.0428. The summed E-state index contributed by atoms with van der Waals surface area (Å²) in [6, 6.07) is 13.0. The number of fused-ring (bicyclic) bond motifs is 1. The SMILES string of the molecule is CN1C(=O)[C@@H](NC(O)c2nnc(Cc3ccccc3)o2)CCc2cccnc21. The van der Waals surface area contributed by atoms with E-state index in [0.717, 1.165) is 11.1 Å². The Morgan fingerprint density at radius 1 is 1.25 bits per heavy atom. The van der Waals surface area contributed by atoms with E-state index in [9.17, 15) is 9.90 Å². The van der Waals surface area contributed by atoms with Crippen LogP contribution in [0, 0.1) is 0 Å². The predicted octanol–water partition coefficient (Wildman–Crippen LogP) is 1.61. The molecule has 1 aromatic carbocycles. The number of hydrogen-bond acceptors (Lipinski definition) is 7. The molecule has 0 saturated heterocycles. The van der Waals surface area contributed by atoms with Crippen LogP contribution < -0.4 is 10.2 Å². The highest BCUT2D eigenvalue weighted by Crippen LogP contribution is 2.24. The predicted molar refractivity (Wildman–Crippen MR) is 101 cm³/mol. The molecular weight excluding hydrogens is 358 g/mol. The van der Waals surface area contributed by atoms with Gasteiger partial charge in [-0.2, -0.15) is 0 Å². The summed E-state index contributed by atoms with van der Waals surface area (Å²) in [6.45, 7) is 0. The molecule has 0 aliphatic carbocycles. The maximum absolute atomic E-state index is 12.8. The molecule has 2 N–H and O–H groups in total. The molecule has 2 atom stereocenters. The van der Waals surface area contributed by atoms with Gasteiger partial charge in [0.15, 0.2) is 6.23 Å². The molecule has 0 radical (unpaired) electrons. The van der Waals surface area contributed by atoms with Crippen LogP contribution in [0.1, 0.15) is 35.6 Å². The quantitative estimate of drug-likeness (QED) is 0.649. The molecule has 0 fully saturated rings. The molecular formula is C20H21N5O3. The number of amides is 1. The third kappa shape index (κ3) is 3.78. The Bertz CT molecular complexity index is 959. The summed E-state index contributed by atoms with van der Waals surface area (Å²) in [5, 5.41) is 21.3. The van der Waals surface area contributed by atoms with Crippen molar-refractivity contribution in [2.75, 3.05) is 11.9 Å². The zero-order valence-electron chi connectivity index (χ0n) is 15.4. The summed E-state index contributed by atoms with van der Waals surface area (Å²) >= 11 is 0. The van der Waals surface area contributed by atoms with Crippen LogP contribution >= 0.6 is 0 Å². The van der Waals surface area contributed by atoms with Gasteiger partial charge in [0.2, 0.25) is 11.8 Å². The number of aryl methyl sites for hydroxylation is 1. The Morgan fingerprint density at radius 2 is 2.07 bits per heavy atom. The fraction of sp³-hybridized carbons (Fsp3) is 0.300. The van der Waals surface area contributed by atoms with E-state index < -0.39 is 12.3 Å². The molecule has 2 aromatic heterocycles. The van der Waals surface area contributed by atoms with Gasteiger partial charge in [0, 0.05) is 13.2 Å². The molecule has 4 rings (SSSR count). The summed E-state index contributed by atoms with van der Waals surface area (Å²) < 4.78 is 5.57. The van der Waals surface area contributed by atoms with E-state index in [1.54, 1.807) is 13.2 Å². The normalized spacial score (nSPS) is 17.9. The first-order valence-electron chi connectivity index (χ1n) is 9.13. The highest BCUT2D eigenvalue weighted by molar-refractivity contribution is 5.97. The summed E-state index contributed by atoms with van der Waals surface area (Å²) in [6.07, 6.45) is 2.12. The minimum atomic E-state index is -1.23. The van der Waals surface area contributed by atoms with Crippen LogP contribution in [0.5, 0.6) is 0 Å². The third-order valence-corrected chi connectivity index (χ3v) is 4.79. The Balaban J connectivity index is 1.44. The zero-order chi connectivity index (χ0) is 19.5. The molecule has 0 bridgehead atoms. The van der Waals surface area contributed by atoms with Crippen LogP contribution in [0.4, 0.5) is 5.82 Å². The first-order chi connectivity index (χ1) is 13.6. The number of pyridine rings is 1. The van der Waals surface area contributed by atoms with Crippen LogP contribution in [0.3, 0.4) is 0 Å². The molecule has 3 aromatic rings. The highest BCUT2D eigenvalue weighted by atomic mass is 16.4. The summed E-state index contributed by atoms with van der Waals surface area (Å²) in [5.74, 6) is 0.930. The average Bonchev–Trinajstić information content (AvgIpc) is 3.15. The van der Waals surface area contributed by atoms with Crippen molar-refractivity contribution in [3.63, 3.8) is 0 Å². The molecule has 0 spiro atoms. The maximum Gasteiger partial charge on any atom is 0.259 e. The number of carbonyl (C=O) groups excluding carboxylic acids is 1. The van der Waals surface area contributed by atoms with E-state index in [2.05, 4.69) is 20.5 Å². The largest absolute Gasteiger partial charge is 0.421 e. The van der Waals surface area contributed by atoms with Gasteiger partial charge in [0.05, 0.1) is 12.5 Å². The van der Waals surface area contributed by atoms with Gasteiger partial charge in [-0.3, -0.25) is 15.0 Å². The fourth-order valence-corrected chi connectivity index (χ4v) is 3.32. The lowest BCUT2D eigenvalue weighted by Crippen LogP contribution is -2.46. The molecule has 3 heterocycles. The second kappa shape index (κ2) is 7.87. The van der Waals surface area contributed by atoms with E-state index in [1.165, 1.54) is 4.90 Å². The van der Waals surface area contributed by atoms with Crippen LogP contribution in [0.25, 0.3) is 0 Å². The summed E-state index contributed by atoms with van der Waals surface area (Å²) in [5.41, 5.74) is 2.03. The first-order valence-corrected chi connectivity index (χ1v) is 9.13. The Hall–Kier alpha value is -3.10. The number of nitrogens with one attached hydrogen (secondary N) is 1. The number of aromatic nitrogens is 3. The number of anilines is 1. The molecule has 1 amide bonds. The number of aliphatic hydroxyl groups excluding tert-OH is 1. The standard InChI is InChI=1S/C20H21N5O3/c1-25-17-14(8-5-11-21-17)9-10-15(20(25)27)22-18(26)19-24-23-16(28-19)12-13-6-3-2-4-7-13/h2-8,11,15,18,22,26H,9-10,12H2,1H3/t15-,18?/m0/s1. The Morgan fingerprint density at radius 3 is 2.89 bits per heavy atom. The lowest BCUT2D eigenvalue weighted by Gasteiger charge is -2.22. The number of aliphatic hydroxyl groups is 1. The topological polar surface area (TPSA) is 104 Å². The summed E-state index contributed by atoms with van der Waals surface area (Å²) in [7, 11) is 1.69. The molecule has 8 nitrogen and oxygen atoms in total. The van der Waals surface area contributed by atoms with Crippen molar-refractivity contribution in [2.24, 2.45) is 0 Å². The Kier molecular flexibility index (Phi) is 5.14. The van der Waals surface area contributed by atoms with Crippen molar-refractivity contribution in [1.82, 2.24) is 20.5 Å². The molecule has 28 heavy (non-hydrogen) atoms. The number of likely N-dealkylation sites (N-methyl/N-ethyl adjacent to an activating group) is 1. The number of benzene rings is 1. The zero-order valence-corrected chi connectivity index (χ0v) is 15.4. The molecule has 1 unspecified atom stereocenters. The van der Waals surface area contributed by atoms with E-state index in [0.29, 0.717) is 31.0 Å². The Labute approximate surface area is 162 Å². The van der Waals surface area contributed by atoms with Gasteiger partial charge in [-0.15, -0.1) is 10.2 Å². The van der Waals surface area contributed by atoms with E-state index in [4.69, 9.17) is 4.42 Å². The monoisotopic (exact) mass is 379 g/mol. The number of nitrogens with zero attached hydrogens (tertiary/aromatic N) is 4. The highest BCUT2D eigenvalue weighted by Gasteiger charge is 2.31. The molecule has 8 heteroatoms. The molecule has 0 saturated carbocycles. The maximum atomic E-state index is 12.8. The number of rotatable bonds is 5. The van der Waals surface area contributed by atoms with Crippen LogP contribution in [-0.4, -0.2) is 39.3 Å². The summed E-state index contributed by atoms with van der Waals surface area (Å²) in [4.78, 5) is 18.6. The lowest BCUT2D eigenvalue weighted by atomic mass is 10.1. The van der Waals surface area contributed by atoms with Crippen molar-refractivity contribution in [2.45, 2.75) is 31.5 Å². The average molecular weight is 379 g/mol. The van der Waals surface area contributed by atoms with Gasteiger partial charge in [-0.1, -0.05) is 36.4 Å². The first kappa shape index (κ1) is 18.3. The van der Waals surface area contributed by atoms with Crippen LogP contribution in [-0.2, 0) is 17.6 Å². The van der Waals surface area contributed by atoms with E-state index >= 15 is 0 Å². The lowest BCUT2D eigenvalue weighted by molar-refractivity contribution is -0.121. The van der Waals surface area contributed by atoms with Crippen LogP contribution in [0.2, 0.25) is 0 Å². The van der Waals surface area contributed by atoms with Gasteiger partial charge < -0.3 is 9.52 Å². The van der Waals surface area contributed by atoms with Crippen molar-refractivity contribution < 1.29 is 14.3 Å². The minimum Gasteiger partial charge on any atom is -0.421 e. The van der Waals surface area contributed by atoms with Gasteiger partial charge >= 0.3 is 0 Å². The van der Waals surface area contributed by atoms with Gasteiger partial charge in [-0.25, -0.2) is 4.98 Å². The molecule has 1 aliphatic rings. The fourth-order valence-electron chi connectivity index (χ4n) is 3.32. The van der Waals surface area contributed by atoms with Gasteiger partial charge in [0.1, 0.15) is 5.82 Å². The van der Waals surface area contributed by atoms with Crippen LogP contribution in [0.15, 0.2) is 53.1 Å². The van der Waals surface area contributed by atoms with Gasteiger partial charge in [-0.05, 0) is 30.0 Å². The van der Waals surface area contributed by atoms with E-state index in [-0.39, 0.29) is 11.8 Å². The van der Waals surface area contributed by atoms with Crippen molar-refractivity contribution >= 4 is 11.7 Å². The van der Waals surface area contributed by atoms with Crippen molar-refractivity contribution in [3.8, 4) is 0 Å². The second-order valence-corrected chi connectivity index (χ2v) is 6.74. The van der Waals surface area contributed by atoms with Crippen molar-refractivity contribution in [1.29, 1.82) is 0 Å². The smallest absolute Gasteiger partial charge is 0.259 e. The molecule has 144 valence electrons. The van der Waals surface area contributed by atoms with Gasteiger partial charge in [0.25, 0.3) is 5.89 Å². The second-order valence-electron chi connectivity index (χ2n) is 6.74. The third-order valence-electron chi connectivity index (χ3n) is 4.79. The molecule has 1 aliphatic heterocycles. The van der Waals surface area contributed by atoms with E-state index in [1.807, 2.05) is 42.5 Å². The number of carbonyl (C=O) groups is 1. The van der Waals surface area contributed by atoms with Crippen molar-refractivity contribution in [3.05, 3.63) is 71.6 Å².